The third-order valence-corrected chi connectivity index (χ3v) is 4.75. The summed E-state index contributed by atoms with van der Waals surface area (Å²) in [6.45, 7) is 5.92. The molecule has 4 nitrogen and oxygen atoms in total. The number of hydrogen-bond donors (Lipinski definition) is 1. The molecule has 4 heteroatoms. The first-order chi connectivity index (χ1) is 13.7. The number of para-hydroxylation sites is 1. The number of rotatable bonds is 4. The Balaban J connectivity index is 0.000000198. The molecule has 0 fully saturated rings. The molecular formula is C24H25N3O. The molecule has 0 spiro atoms. The van der Waals surface area contributed by atoms with E-state index in [2.05, 4.69) is 66.2 Å². The molecule has 0 amide bonds. The zero-order valence-corrected chi connectivity index (χ0v) is 16.4. The zero-order valence-electron chi connectivity index (χ0n) is 16.4. The maximum Gasteiger partial charge on any atom is 0.140 e. The maximum absolute atomic E-state index is 5.82. The number of nitrogens with zero attached hydrogens (tertiary/aromatic N) is 2. The lowest BCUT2D eigenvalue weighted by molar-refractivity contribution is 0.318. The Hall–Kier alpha value is -3.27. The number of anilines is 1. The third kappa shape index (κ3) is 3.86. The van der Waals surface area contributed by atoms with Gasteiger partial charge >= 0.3 is 0 Å². The van der Waals surface area contributed by atoms with E-state index in [-0.39, 0.29) is 0 Å². The summed E-state index contributed by atoms with van der Waals surface area (Å²) in [7, 11) is 0. The fourth-order valence-electron chi connectivity index (χ4n) is 3.24. The van der Waals surface area contributed by atoms with Crippen molar-refractivity contribution in [1.29, 1.82) is 0 Å². The van der Waals surface area contributed by atoms with E-state index in [0.717, 1.165) is 42.2 Å². The van der Waals surface area contributed by atoms with Crippen molar-refractivity contribution in [3.8, 4) is 17.0 Å². The predicted molar refractivity (Wildman–Crippen MR) is 115 cm³/mol. The van der Waals surface area contributed by atoms with Crippen LogP contribution in [-0.4, -0.2) is 16.0 Å². The molecule has 142 valence electrons. The Morgan fingerprint density at radius 3 is 2.46 bits per heavy atom. The summed E-state index contributed by atoms with van der Waals surface area (Å²) in [6, 6.07) is 20.7. The number of ether oxygens (including phenoxy) is 1. The molecule has 0 atom stereocenters. The smallest absolute Gasteiger partial charge is 0.140 e. The third-order valence-electron chi connectivity index (χ3n) is 4.75. The van der Waals surface area contributed by atoms with Gasteiger partial charge in [0, 0.05) is 30.2 Å². The quantitative estimate of drug-likeness (QED) is 0.499. The van der Waals surface area contributed by atoms with Gasteiger partial charge in [0.2, 0.25) is 0 Å². The van der Waals surface area contributed by atoms with Gasteiger partial charge in [0.05, 0.1) is 12.3 Å². The van der Waals surface area contributed by atoms with Gasteiger partial charge < -0.3 is 14.5 Å². The summed E-state index contributed by atoms with van der Waals surface area (Å²) >= 11 is 0. The minimum Gasteiger partial charge on any atom is -0.493 e. The van der Waals surface area contributed by atoms with Gasteiger partial charge in [-0.1, -0.05) is 37.3 Å². The summed E-state index contributed by atoms with van der Waals surface area (Å²) in [5.74, 6) is 0.899. The van der Waals surface area contributed by atoms with Gasteiger partial charge in [0.25, 0.3) is 0 Å². The largest absolute Gasteiger partial charge is 0.493 e. The maximum atomic E-state index is 5.82. The number of fused-ring (bicyclic) bond motifs is 4. The average Bonchev–Trinajstić information content (AvgIpc) is 3.20. The number of aromatic nitrogens is 2. The molecule has 2 aliphatic rings. The Morgan fingerprint density at radius 2 is 1.86 bits per heavy atom. The number of benzene rings is 2. The summed E-state index contributed by atoms with van der Waals surface area (Å²) in [5.41, 5.74) is 6.77. The Kier molecular flexibility index (Phi) is 5.29. The van der Waals surface area contributed by atoms with Gasteiger partial charge in [0.1, 0.15) is 11.4 Å². The first-order valence-electron chi connectivity index (χ1n) is 9.74. The first kappa shape index (κ1) is 18.1. The minimum atomic E-state index is 0.726. The first-order valence-corrected chi connectivity index (χ1v) is 9.74. The van der Waals surface area contributed by atoms with Crippen molar-refractivity contribution >= 4 is 11.3 Å². The molecule has 4 aromatic rings. The minimum absolute atomic E-state index is 0.726. The van der Waals surface area contributed by atoms with Crippen LogP contribution in [0.25, 0.3) is 16.9 Å². The molecule has 0 saturated heterocycles. The monoisotopic (exact) mass is 371 g/mol. The van der Waals surface area contributed by atoms with Crippen LogP contribution in [0.1, 0.15) is 24.5 Å². The van der Waals surface area contributed by atoms with Crippen molar-refractivity contribution < 1.29 is 4.74 Å². The van der Waals surface area contributed by atoms with Crippen LogP contribution >= 0.6 is 0 Å². The summed E-state index contributed by atoms with van der Waals surface area (Å²) in [6.07, 6.45) is 5.07. The molecule has 1 N–H and O–H groups in total. The van der Waals surface area contributed by atoms with Crippen molar-refractivity contribution in [1.82, 2.24) is 9.38 Å². The molecule has 2 aromatic heterocycles. The second-order valence-electron chi connectivity index (χ2n) is 6.94. The molecule has 6 rings (SSSR count). The number of imidazole rings is 1. The number of hydrogen-bond acceptors (Lipinski definition) is 3. The van der Waals surface area contributed by atoms with Crippen molar-refractivity contribution in [2.45, 2.75) is 26.8 Å². The van der Waals surface area contributed by atoms with Gasteiger partial charge in [-0.15, -0.1) is 0 Å². The lowest BCUT2D eigenvalue weighted by Gasteiger charge is -2.12. The van der Waals surface area contributed by atoms with Gasteiger partial charge in [-0.25, -0.2) is 4.98 Å². The Morgan fingerprint density at radius 1 is 1.04 bits per heavy atom. The second-order valence-corrected chi connectivity index (χ2v) is 6.94. The van der Waals surface area contributed by atoms with Crippen molar-refractivity contribution in [2.24, 2.45) is 0 Å². The van der Waals surface area contributed by atoms with Crippen LogP contribution in [0.15, 0.2) is 73.1 Å². The molecule has 28 heavy (non-hydrogen) atoms. The van der Waals surface area contributed by atoms with E-state index in [4.69, 9.17) is 9.72 Å². The van der Waals surface area contributed by atoms with Crippen molar-refractivity contribution in [3.05, 3.63) is 84.2 Å². The van der Waals surface area contributed by atoms with Crippen LogP contribution in [0.2, 0.25) is 0 Å². The van der Waals surface area contributed by atoms with Gasteiger partial charge in [-0.2, -0.15) is 0 Å². The van der Waals surface area contributed by atoms with Crippen LogP contribution < -0.4 is 10.1 Å². The van der Waals surface area contributed by atoms with E-state index in [1.54, 1.807) is 0 Å². The van der Waals surface area contributed by atoms with E-state index >= 15 is 0 Å². The second kappa shape index (κ2) is 8.17. The highest BCUT2D eigenvalue weighted by atomic mass is 16.5. The van der Waals surface area contributed by atoms with E-state index in [1.807, 2.05) is 30.5 Å². The standard InChI is InChI=1S/C17H18N2O.C7H7N/c1-3-11-20-16-9-5-4-8-14(16)15-12-19-10-6-7-13(2)17(19)18-15;1-3-7-4-2-6(1)5-8-7/h4-10,12H,3,11H2,1-2H3;1-4,8H,5H2. The fourth-order valence-corrected chi connectivity index (χ4v) is 3.24. The highest BCUT2D eigenvalue weighted by Crippen LogP contribution is 2.29. The van der Waals surface area contributed by atoms with Crippen LogP contribution in [-0.2, 0) is 6.54 Å². The number of aryl methyl sites for hydroxylation is 1. The molecule has 0 saturated carbocycles. The van der Waals surface area contributed by atoms with Crippen LogP contribution in [0.4, 0.5) is 5.69 Å². The number of nitrogens with one attached hydrogen (secondary N) is 1. The Bertz CT molecular complexity index is 1040. The van der Waals surface area contributed by atoms with Crippen molar-refractivity contribution in [2.75, 3.05) is 11.9 Å². The van der Waals surface area contributed by atoms with E-state index < -0.39 is 0 Å². The van der Waals surface area contributed by atoms with Crippen LogP contribution in [0.3, 0.4) is 0 Å². The molecule has 0 unspecified atom stereocenters. The van der Waals surface area contributed by atoms with E-state index in [1.165, 1.54) is 16.8 Å². The molecule has 2 aromatic carbocycles. The number of pyridine rings is 1. The van der Waals surface area contributed by atoms with Gasteiger partial charge in [0.15, 0.2) is 0 Å². The highest BCUT2D eigenvalue weighted by Gasteiger charge is 2.10. The molecule has 2 bridgehead atoms. The molecule has 4 heterocycles. The summed E-state index contributed by atoms with van der Waals surface area (Å²) < 4.78 is 7.87. The van der Waals surface area contributed by atoms with E-state index in [0.29, 0.717) is 0 Å². The molecular weight excluding hydrogens is 346 g/mol. The molecule has 2 aliphatic heterocycles. The normalized spacial score (nSPS) is 11.6. The fraction of sp³-hybridized carbons (Fsp3) is 0.208. The molecule has 0 aliphatic carbocycles. The Labute approximate surface area is 165 Å². The van der Waals surface area contributed by atoms with Crippen LogP contribution in [0.5, 0.6) is 5.75 Å². The predicted octanol–water partition coefficient (Wildman–Crippen LogP) is 5.71. The topological polar surface area (TPSA) is 38.6 Å². The van der Waals surface area contributed by atoms with Gasteiger partial charge in [-0.05, 0) is 54.8 Å². The van der Waals surface area contributed by atoms with Crippen molar-refractivity contribution in [3.63, 3.8) is 0 Å². The van der Waals surface area contributed by atoms with Gasteiger partial charge in [-0.3, -0.25) is 0 Å². The SMILES string of the molecule is CCCOc1ccccc1-c1cn2cccc(C)c2n1.c1cc2ccc1CN2. The highest BCUT2D eigenvalue weighted by molar-refractivity contribution is 5.70. The van der Waals surface area contributed by atoms with Crippen LogP contribution in [0, 0.1) is 6.92 Å². The summed E-state index contributed by atoms with van der Waals surface area (Å²) in [4.78, 5) is 4.73. The lowest BCUT2D eigenvalue weighted by Crippen LogP contribution is -2.04. The molecule has 0 radical (unpaired) electrons. The van der Waals surface area contributed by atoms with E-state index in [9.17, 15) is 0 Å². The average molecular weight is 371 g/mol. The summed E-state index contributed by atoms with van der Waals surface area (Å²) in [5, 5.41) is 3.22. The lowest BCUT2D eigenvalue weighted by atomic mass is 10.1. The zero-order chi connectivity index (χ0) is 19.3.